The van der Waals surface area contributed by atoms with Crippen molar-refractivity contribution in [1.29, 1.82) is 0 Å². The minimum absolute atomic E-state index is 0.0310. The summed E-state index contributed by atoms with van der Waals surface area (Å²) in [5.41, 5.74) is 5.80. The molecule has 208 valence electrons. The van der Waals surface area contributed by atoms with Crippen molar-refractivity contribution in [3.8, 4) is 23.0 Å². The van der Waals surface area contributed by atoms with Gasteiger partial charge in [0.05, 0.1) is 12.7 Å². The number of phenols is 4. The van der Waals surface area contributed by atoms with Crippen LogP contribution in [0.2, 0.25) is 0 Å². The lowest BCUT2D eigenvalue weighted by atomic mass is 9.87. The average molecular weight is 525 g/mol. The Bertz CT molecular complexity index is 1150. The number of hydrogen-bond donors (Lipinski definition) is 6. The molecular formula is C32H44O6. The molecule has 0 saturated heterocycles. The lowest BCUT2D eigenvalue weighted by Gasteiger charge is -2.19. The molecule has 0 aromatic heterocycles. The van der Waals surface area contributed by atoms with Gasteiger partial charge in [-0.1, -0.05) is 64.8 Å². The van der Waals surface area contributed by atoms with Gasteiger partial charge < -0.3 is 30.6 Å². The van der Waals surface area contributed by atoms with Crippen molar-refractivity contribution in [2.75, 3.05) is 6.61 Å². The van der Waals surface area contributed by atoms with Gasteiger partial charge in [-0.05, 0) is 84.6 Å². The molecule has 6 heteroatoms. The molecule has 0 heterocycles. The molecule has 0 saturated carbocycles. The molecule has 0 radical (unpaired) electrons. The van der Waals surface area contributed by atoms with E-state index in [4.69, 9.17) is 5.11 Å². The van der Waals surface area contributed by atoms with E-state index < -0.39 is 6.10 Å². The Morgan fingerprint density at radius 1 is 0.789 bits per heavy atom. The van der Waals surface area contributed by atoms with Crippen LogP contribution in [0.5, 0.6) is 23.0 Å². The van der Waals surface area contributed by atoms with Gasteiger partial charge in [-0.2, -0.15) is 0 Å². The molecule has 2 rings (SSSR count). The fraction of sp³-hybridized carbons (Fsp3) is 0.375. The molecule has 2 aromatic rings. The summed E-state index contributed by atoms with van der Waals surface area (Å²) in [6.07, 6.45) is 9.56. The van der Waals surface area contributed by atoms with E-state index in [1.54, 1.807) is 30.4 Å². The summed E-state index contributed by atoms with van der Waals surface area (Å²) in [4.78, 5) is 0. The Kier molecular flexibility index (Phi) is 14.0. The molecule has 2 atom stereocenters. The number of rotatable bonds is 10. The Morgan fingerprint density at radius 2 is 1.45 bits per heavy atom. The number of aliphatic hydroxyl groups is 2. The van der Waals surface area contributed by atoms with Gasteiger partial charge in [-0.3, -0.25) is 0 Å². The molecule has 0 spiro atoms. The third-order valence-electron chi connectivity index (χ3n) is 6.02. The lowest BCUT2D eigenvalue weighted by molar-refractivity contribution is 0.226. The molecule has 6 N–H and O–H groups in total. The van der Waals surface area contributed by atoms with Crippen LogP contribution < -0.4 is 0 Å². The first-order valence-electron chi connectivity index (χ1n) is 12.8. The summed E-state index contributed by atoms with van der Waals surface area (Å²) in [6.45, 7) is 12.0. The second-order valence-corrected chi connectivity index (χ2v) is 9.94. The number of allylic oxidation sites excluding steroid dienone is 6. The van der Waals surface area contributed by atoms with E-state index in [1.165, 1.54) is 29.3 Å². The van der Waals surface area contributed by atoms with Gasteiger partial charge in [0, 0.05) is 11.5 Å². The zero-order valence-corrected chi connectivity index (χ0v) is 23.4. The predicted molar refractivity (Wildman–Crippen MR) is 155 cm³/mol. The molecular weight excluding hydrogens is 480 g/mol. The second-order valence-electron chi connectivity index (χ2n) is 9.94. The molecule has 0 aliphatic carbocycles. The van der Waals surface area contributed by atoms with Gasteiger partial charge in [0.1, 0.15) is 0 Å². The topological polar surface area (TPSA) is 121 Å². The van der Waals surface area contributed by atoms with Crippen LogP contribution in [0.25, 0.3) is 0 Å². The zero-order chi connectivity index (χ0) is 28.8. The molecule has 0 aliphatic heterocycles. The number of aromatic hydroxyl groups is 4. The first-order chi connectivity index (χ1) is 17.9. The van der Waals surface area contributed by atoms with E-state index in [2.05, 4.69) is 26.0 Å². The van der Waals surface area contributed by atoms with Crippen LogP contribution in [0, 0.1) is 0 Å². The smallest absolute Gasteiger partial charge is 0.161 e. The largest absolute Gasteiger partial charge is 0.504 e. The lowest BCUT2D eigenvalue weighted by Crippen LogP contribution is -2.01. The highest BCUT2D eigenvalue weighted by molar-refractivity contribution is 5.48. The van der Waals surface area contributed by atoms with Crippen LogP contribution >= 0.6 is 0 Å². The van der Waals surface area contributed by atoms with Gasteiger partial charge in [-0.15, -0.1) is 0 Å². The maximum Gasteiger partial charge on any atom is 0.161 e. The normalized spacial score (nSPS) is 13.2. The molecule has 2 unspecified atom stereocenters. The average Bonchev–Trinajstić information content (AvgIpc) is 2.83. The molecule has 6 nitrogen and oxygen atoms in total. The summed E-state index contributed by atoms with van der Waals surface area (Å²) >= 11 is 0. The minimum Gasteiger partial charge on any atom is -0.504 e. The third-order valence-corrected chi connectivity index (χ3v) is 6.02. The maximum absolute atomic E-state index is 10.0. The molecule has 2 aromatic carbocycles. The van der Waals surface area contributed by atoms with Gasteiger partial charge in [0.15, 0.2) is 23.0 Å². The molecule has 0 fully saturated rings. The molecule has 0 amide bonds. The van der Waals surface area contributed by atoms with Crippen LogP contribution in [0.15, 0.2) is 83.0 Å². The Hall–Kier alpha value is -3.48. The zero-order valence-electron chi connectivity index (χ0n) is 23.4. The minimum atomic E-state index is -0.766. The van der Waals surface area contributed by atoms with Gasteiger partial charge in [0.25, 0.3) is 0 Å². The molecule has 38 heavy (non-hydrogen) atoms. The number of hydrogen-bond acceptors (Lipinski definition) is 6. The van der Waals surface area contributed by atoms with E-state index in [-0.39, 0.29) is 35.5 Å². The summed E-state index contributed by atoms with van der Waals surface area (Å²) in [5, 5.41) is 57.3. The van der Waals surface area contributed by atoms with Crippen molar-refractivity contribution in [3.63, 3.8) is 0 Å². The summed E-state index contributed by atoms with van der Waals surface area (Å²) < 4.78 is 0. The fourth-order valence-electron chi connectivity index (χ4n) is 3.79. The summed E-state index contributed by atoms with van der Waals surface area (Å²) in [6, 6.07) is 9.32. The van der Waals surface area contributed by atoms with Crippen LogP contribution in [0.4, 0.5) is 0 Å². The van der Waals surface area contributed by atoms with E-state index in [9.17, 15) is 25.5 Å². The number of aliphatic hydroxyl groups excluding tert-OH is 2. The molecule has 0 bridgehead atoms. The number of para-hydroxylation sites is 1. The van der Waals surface area contributed by atoms with Crippen LogP contribution in [0.3, 0.4) is 0 Å². The Labute approximate surface area is 227 Å². The van der Waals surface area contributed by atoms with Crippen molar-refractivity contribution in [2.24, 2.45) is 0 Å². The number of phenolic OH excluding ortho intramolecular Hbond substituents is 4. The van der Waals surface area contributed by atoms with Crippen molar-refractivity contribution < 1.29 is 30.6 Å². The first-order valence-corrected chi connectivity index (χ1v) is 12.8. The Morgan fingerprint density at radius 3 is 2.03 bits per heavy atom. The van der Waals surface area contributed by atoms with Crippen molar-refractivity contribution in [2.45, 2.75) is 72.8 Å². The van der Waals surface area contributed by atoms with Crippen LogP contribution in [-0.2, 0) is 0 Å². The number of benzene rings is 2. The molecule has 0 aliphatic rings. The third kappa shape index (κ3) is 11.3. The standard InChI is InChI=1S/2C16H22O3/c1-11(2)5-4-6-12(3)9-15(18)13-7-8-14(17)16(19)10-13;1-11(2)7-8-13(12(3)9-10-17)14-5-4-6-15(18)16(14)19/h5,7-10,15,17-19H,4,6H2,1-3H3;4-7,9,13,17-19H,8,10H2,1-3H3/b2*12-9+. The highest BCUT2D eigenvalue weighted by Gasteiger charge is 2.18. The fourth-order valence-corrected chi connectivity index (χ4v) is 3.79. The van der Waals surface area contributed by atoms with E-state index >= 15 is 0 Å². The summed E-state index contributed by atoms with van der Waals surface area (Å²) in [5.74, 6) is -0.640. The van der Waals surface area contributed by atoms with E-state index in [0.717, 1.165) is 30.4 Å². The van der Waals surface area contributed by atoms with Crippen molar-refractivity contribution in [1.82, 2.24) is 0 Å². The quantitative estimate of drug-likeness (QED) is 0.143. The van der Waals surface area contributed by atoms with Gasteiger partial charge >= 0.3 is 0 Å². The monoisotopic (exact) mass is 524 g/mol. The van der Waals surface area contributed by atoms with E-state index in [0.29, 0.717) is 11.1 Å². The van der Waals surface area contributed by atoms with Gasteiger partial charge in [-0.25, -0.2) is 0 Å². The van der Waals surface area contributed by atoms with Crippen molar-refractivity contribution in [3.05, 3.63) is 94.1 Å². The first kappa shape index (κ1) is 32.5. The summed E-state index contributed by atoms with van der Waals surface area (Å²) in [7, 11) is 0. The Balaban J connectivity index is 0.000000380. The second kappa shape index (κ2) is 16.4. The van der Waals surface area contributed by atoms with Crippen LogP contribution in [0.1, 0.15) is 84.0 Å². The highest BCUT2D eigenvalue weighted by atomic mass is 16.3. The van der Waals surface area contributed by atoms with Gasteiger partial charge in [0.2, 0.25) is 0 Å². The van der Waals surface area contributed by atoms with E-state index in [1.807, 2.05) is 27.7 Å². The SMILES string of the molecule is CC(C)=CCC(/C(C)=C/CO)c1cccc(O)c1O.CC(C)=CCC/C(C)=C/C(O)c1ccc(O)c(O)c1. The van der Waals surface area contributed by atoms with Crippen LogP contribution in [-0.4, -0.2) is 37.2 Å². The maximum atomic E-state index is 10.0. The predicted octanol–water partition coefficient (Wildman–Crippen LogP) is 7.30. The highest BCUT2D eigenvalue weighted by Crippen LogP contribution is 2.39. The van der Waals surface area contributed by atoms with Crippen molar-refractivity contribution >= 4 is 0 Å².